The van der Waals surface area contributed by atoms with Gasteiger partial charge in [0.2, 0.25) is 11.8 Å². The second kappa shape index (κ2) is 8.78. The van der Waals surface area contributed by atoms with Crippen LogP contribution in [0.25, 0.3) is 0 Å². The average molecular weight is 394 g/mol. The molecule has 0 aliphatic carbocycles. The molecule has 5 nitrogen and oxygen atoms in total. The molecule has 0 unspecified atom stereocenters. The molecule has 1 aliphatic heterocycles. The molecule has 2 amide bonds. The van der Waals surface area contributed by atoms with Crippen molar-refractivity contribution >= 4 is 17.5 Å². The highest BCUT2D eigenvalue weighted by Crippen LogP contribution is 2.46. The van der Waals surface area contributed by atoms with Crippen molar-refractivity contribution in [2.24, 2.45) is 0 Å². The van der Waals surface area contributed by atoms with E-state index in [2.05, 4.69) is 17.0 Å². The number of anilines is 1. The van der Waals surface area contributed by atoms with E-state index in [4.69, 9.17) is 0 Å². The predicted molar refractivity (Wildman–Crippen MR) is 117 cm³/mol. The van der Waals surface area contributed by atoms with Crippen molar-refractivity contribution in [3.63, 3.8) is 0 Å². The zero-order valence-corrected chi connectivity index (χ0v) is 17.9. The maximum absolute atomic E-state index is 13.5. The standard InChI is InChI=1S/C24H31N3O2/c1-25(2)16-17-26(3)22(28)14-15-24(18-19-10-6-5-7-11-19)20-12-8-9-13-21(20)27(4)23(24)29/h5-13H,14-18H2,1-4H3/t24-/m0/s1. The minimum Gasteiger partial charge on any atom is -0.344 e. The zero-order valence-electron chi connectivity index (χ0n) is 17.9. The molecule has 0 bridgehead atoms. The number of nitrogens with zero attached hydrogens (tertiary/aromatic N) is 3. The Balaban J connectivity index is 1.87. The molecule has 1 heterocycles. The van der Waals surface area contributed by atoms with Crippen LogP contribution in [0, 0.1) is 0 Å². The zero-order chi connectivity index (χ0) is 21.0. The fourth-order valence-corrected chi connectivity index (χ4v) is 4.15. The van der Waals surface area contributed by atoms with Crippen molar-refractivity contribution < 1.29 is 9.59 Å². The molecule has 0 saturated carbocycles. The fourth-order valence-electron chi connectivity index (χ4n) is 4.15. The highest BCUT2D eigenvalue weighted by atomic mass is 16.2. The summed E-state index contributed by atoms with van der Waals surface area (Å²) in [6.07, 6.45) is 1.46. The first-order chi connectivity index (χ1) is 13.8. The molecular weight excluding hydrogens is 362 g/mol. The lowest BCUT2D eigenvalue weighted by Gasteiger charge is -2.29. The van der Waals surface area contributed by atoms with Gasteiger partial charge in [0.1, 0.15) is 0 Å². The van der Waals surface area contributed by atoms with Crippen LogP contribution in [0.15, 0.2) is 54.6 Å². The highest BCUT2D eigenvalue weighted by molar-refractivity contribution is 6.08. The number of amides is 2. The maximum atomic E-state index is 13.5. The van der Waals surface area contributed by atoms with Gasteiger partial charge in [0.25, 0.3) is 0 Å². The SMILES string of the molecule is CN(C)CCN(C)C(=O)CC[C@@]1(Cc2ccccc2)C(=O)N(C)c2ccccc21. The van der Waals surface area contributed by atoms with Crippen LogP contribution in [0.3, 0.4) is 0 Å². The van der Waals surface area contributed by atoms with Gasteiger partial charge in [-0.1, -0.05) is 48.5 Å². The Morgan fingerprint density at radius 2 is 1.62 bits per heavy atom. The monoisotopic (exact) mass is 393 g/mol. The Kier molecular flexibility index (Phi) is 6.38. The summed E-state index contributed by atoms with van der Waals surface area (Å²) in [4.78, 5) is 31.8. The van der Waals surface area contributed by atoms with Gasteiger partial charge in [0.15, 0.2) is 0 Å². The first-order valence-electron chi connectivity index (χ1n) is 10.2. The summed E-state index contributed by atoms with van der Waals surface area (Å²) < 4.78 is 0. The van der Waals surface area contributed by atoms with Crippen molar-refractivity contribution in [3.05, 3.63) is 65.7 Å². The molecule has 2 aromatic rings. The normalized spacial score (nSPS) is 18.2. The summed E-state index contributed by atoms with van der Waals surface area (Å²) >= 11 is 0. The van der Waals surface area contributed by atoms with E-state index in [1.54, 1.807) is 9.80 Å². The smallest absolute Gasteiger partial charge is 0.237 e. The van der Waals surface area contributed by atoms with Gasteiger partial charge in [-0.15, -0.1) is 0 Å². The second-order valence-electron chi connectivity index (χ2n) is 8.24. The lowest BCUT2D eigenvalue weighted by atomic mass is 9.73. The minimum absolute atomic E-state index is 0.0753. The van der Waals surface area contributed by atoms with Crippen LogP contribution < -0.4 is 4.90 Å². The Morgan fingerprint density at radius 3 is 2.31 bits per heavy atom. The van der Waals surface area contributed by atoms with E-state index in [1.807, 2.05) is 70.7 Å². The van der Waals surface area contributed by atoms with E-state index in [1.165, 1.54) is 0 Å². The number of hydrogen-bond donors (Lipinski definition) is 0. The quantitative estimate of drug-likeness (QED) is 0.693. The van der Waals surface area contributed by atoms with Crippen LogP contribution in [0.1, 0.15) is 24.0 Å². The topological polar surface area (TPSA) is 43.9 Å². The van der Waals surface area contributed by atoms with Gasteiger partial charge >= 0.3 is 0 Å². The van der Waals surface area contributed by atoms with Crippen LogP contribution in [0.5, 0.6) is 0 Å². The summed E-state index contributed by atoms with van der Waals surface area (Å²) in [5, 5.41) is 0. The van der Waals surface area contributed by atoms with Gasteiger partial charge in [-0.2, -0.15) is 0 Å². The van der Waals surface area contributed by atoms with Gasteiger partial charge in [0, 0.05) is 39.3 Å². The molecule has 1 aliphatic rings. The van der Waals surface area contributed by atoms with Crippen molar-refractivity contribution in [3.8, 4) is 0 Å². The summed E-state index contributed by atoms with van der Waals surface area (Å²) in [7, 11) is 7.67. The van der Waals surface area contributed by atoms with Gasteiger partial charge in [-0.3, -0.25) is 9.59 Å². The molecule has 29 heavy (non-hydrogen) atoms. The van der Waals surface area contributed by atoms with Crippen LogP contribution in [-0.2, 0) is 21.4 Å². The van der Waals surface area contributed by atoms with Crippen molar-refractivity contribution in [1.82, 2.24) is 9.80 Å². The second-order valence-corrected chi connectivity index (χ2v) is 8.24. The number of para-hydroxylation sites is 1. The first kappa shape index (κ1) is 21.1. The molecule has 0 N–H and O–H groups in total. The van der Waals surface area contributed by atoms with Crippen LogP contribution in [-0.4, -0.2) is 62.9 Å². The molecule has 1 atom stereocenters. The average Bonchev–Trinajstić information content (AvgIpc) is 2.93. The van der Waals surface area contributed by atoms with Crippen LogP contribution in [0.2, 0.25) is 0 Å². The molecule has 5 heteroatoms. The Bertz CT molecular complexity index is 865. The van der Waals surface area contributed by atoms with E-state index in [9.17, 15) is 9.59 Å². The molecule has 3 rings (SSSR count). The lowest BCUT2D eigenvalue weighted by molar-refractivity contribution is -0.131. The summed E-state index contributed by atoms with van der Waals surface area (Å²) in [5.41, 5.74) is 2.38. The Morgan fingerprint density at radius 1 is 0.966 bits per heavy atom. The van der Waals surface area contributed by atoms with Crippen LogP contribution in [0.4, 0.5) is 5.69 Å². The third-order valence-electron chi connectivity index (χ3n) is 5.92. The number of hydrogen-bond acceptors (Lipinski definition) is 3. The number of fused-ring (bicyclic) bond motifs is 1. The molecule has 154 valence electrons. The largest absolute Gasteiger partial charge is 0.344 e. The number of carbonyl (C=O) groups is 2. The molecular formula is C24H31N3O2. The predicted octanol–water partition coefficient (Wildman–Crippen LogP) is 2.94. The van der Waals surface area contributed by atoms with E-state index in [-0.39, 0.29) is 11.8 Å². The third-order valence-corrected chi connectivity index (χ3v) is 5.92. The Labute approximate surface area is 173 Å². The summed E-state index contributed by atoms with van der Waals surface area (Å²) in [6.45, 7) is 1.50. The van der Waals surface area contributed by atoms with Gasteiger partial charge < -0.3 is 14.7 Å². The molecule has 0 aromatic heterocycles. The van der Waals surface area contributed by atoms with Crippen molar-refractivity contribution in [1.29, 1.82) is 0 Å². The fraction of sp³-hybridized carbons (Fsp3) is 0.417. The first-order valence-corrected chi connectivity index (χ1v) is 10.2. The Hall–Kier alpha value is -2.66. The number of rotatable bonds is 8. The van der Waals surface area contributed by atoms with E-state index >= 15 is 0 Å². The number of likely N-dealkylation sites (N-methyl/N-ethyl adjacent to an activating group) is 3. The van der Waals surface area contributed by atoms with Crippen molar-refractivity contribution in [2.75, 3.05) is 46.2 Å². The summed E-state index contributed by atoms with van der Waals surface area (Å²) in [5.74, 6) is 0.158. The van der Waals surface area contributed by atoms with Gasteiger partial charge in [-0.05, 0) is 44.1 Å². The summed E-state index contributed by atoms with van der Waals surface area (Å²) in [6, 6.07) is 18.1. The van der Waals surface area contributed by atoms with Crippen LogP contribution >= 0.6 is 0 Å². The number of benzene rings is 2. The van der Waals surface area contributed by atoms with Gasteiger partial charge in [-0.25, -0.2) is 0 Å². The van der Waals surface area contributed by atoms with E-state index in [0.717, 1.165) is 23.4 Å². The molecule has 0 radical (unpaired) electrons. The third kappa shape index (κ3) is 4.35. The lowest BCUT2D eigenvalue weighted by Crippen LogP contribution is -2.42. The molecule has 0 spiro atoms. The van der Waals surface area contributed by atoms with Crippen molar-refractivity contribution in [2.45, 2.75) is 24.7 Å². The number of carbonyl (C=O) groups excluding carboxylic acids is 2. The maximum Gasteiger partial charge on any atom is 0.237 e. The molecule has 0 saturated heterocycles. The highest BCUT2D eigenvalue weighted by Gasteiger charge is 2.49. The molecule has 2 aromatic carbocycles. The van der Waals surface area contributed by atoms with E-state index in [0.29, 0.717) is 25.8 Å². The van der Waals surface area contributed by atoms with E-state index < -0.39 is 5.41 Å². The molecule has 0 fully saturated rings. The minimum atomic E-state index is -0.704. The van der Waals surface area contributed by atoms with Gasteiger partial charge in [0.05, 0.1) is 5.41 Å².